The largest absolute Gasteiger partial charge is 0.495 e. The minimum Gasteiger partial charge on any atom is -0.495 e. The first-order chi connectivity index (χ1) is 10.1. The van der Waals surface area contributed by atoms with Crippen LogP contribution in [-0.2, 0) is 4.79 Å². The summed E-state index contributed by atoms with van der Waals surface area (Å²) in [7, 11) is 1.64. The Morgan fingerprint density at radius 3 is 2.76 bits per heavy atom. The zero-order chi connectivity index (χ0) is 15.2. The van der Waals surface area contributed by atoms with E-state index < -0.39 is 0 Å². The Kier molecular flexibility index (Phi) is 5.22. The summed E-state index contributed by atoms with van der Waals surface area (Å²) in [6, 6.07) is 9.99. The van der Waals surface area contributed by atoms with Crippen molar-refractivity contribution in [2.75, 3.05) is 17.7 Å². The number of hydrogen-bond donors (Lipinski definition) is 2. The van der Waals surface area contributed by atoms with Crippen LogP contribution in [0.3, 0.4) is 0 Å². The van der Waals surface area contributed by atoms with E-state index >= 15 is 0 Å². The Labute approximate surface area is 129 Å². The maximum absolute atomic E-state index is 11.2. The van der Waals surface area contributed by atoms with Gasteiger partial charge in [-0.3, -0.25) is 4.79 Å². The monoisotopic (exact) mass is 304 g/mol. The SMILES string of the molecule is CCC(Nc1cc(NC(C)=O)ccc1OC)c1cccs1. The summed E-state index contributed by atoms with van der Waals surface area (Å²) in [5.41, 5.74) is 1.64. The molecule has 2 N–H and O–H groups in total. The van der Waals surface area contributed by atoms with Crippen LogP contribution in [0.4, 0.5) is 11.4 Å². The molecule has 0 saturated heterocycles. The fourth-order valence-corrected chi connectivity index (χ4v) is 3.01. The maximum atomic E-state index is 11.2. The summed E-state index contributed by atoms with van der Waals surface area (Å²) in [5.74, 6) is 0.676. The van der Waals surface area contributed by atoms with E-state index in [1.165, 1.54) is 11.8 Å². The van der Waals surface area contributed by atoms with Gasteiger partial charge in [0.05, 0.1) is 18.8 Å². The average molecular weight is 304 g/mol. The molecular formula is C16H20N2O2S. The van der Waals surface area contributed by atoms with Crippen molar-refractivity contribution >= 4 is 28.6 Å². The van der Waals surface area contributed by atoms with E-state index in [1.807, 2.05) is 18.2 Å². The second-order valence-electron chi connectivity index (χ2n) is 4.72. The van der Waals surface area contributed by atoms with Gasteiger partial charge in [0.2, 0.25) is 5.91 Å². The van der Waals surface area contributed by atoms with E-state index in [1.54, 1.807) is 18.4 Å². The Morgan fingerprint density at radius 2 is 2.19 bits per heavy atom. The van der Waals surface area contributed by atoms with Crippen LogP contribution >= 0.6 is 11.3 Å². The number of carbonyl (C=O) groups excluding carboxylic acids is 1. The van der Waals surface area contributed by atoms with E-state index in [0.717, 1.165) is 23.5 Å². The molecule has 112 valence electrons. The Hall–Kier alpha value is -2.01. The molecular weight excluding hydrogens is 284 g/mol. The highest BCUT2D eigenvalue weighted by Crippen LogP contribution is 2.33. The first-order valence-electron chi connectivity index (χ1n) is 6.89. The molecule has 0 aliphatic carbocycles. The third-order valence-electron chi connectivity index (χ3n) is 3.14. The molecule has 1 amide bonds. The minimum absolute atomic E-state index is 0.0867. The summed E-state index contributed by atoms with van der Waals surface area (Å²) in [5, 5.41) is 8.36. The van der Waals surface area contributed by atoms with Gasteiger partial charge in [0, 0.05) is 17.5 Å². The predicted molar refractivity (Wildman–Crippen MR) is 88.3 cm³/mol. The average Bonchev–Trinajstić information content (AvgIpc) is 2.98. The van der Waals surface area contributed by atoms with Crippen LogP contribution in [-0.4, -0.2) is 13.0 Å². The van der Waals surface area contributed by atoms with Crippen molar-refractivity contribution in [1.29, 1.82) is 0 Å². The van der Waals surface area contributed by atoms with Crippen molar-refractivity contribution < 1.29 is 9.53 Å². The number of anilines is 2. The van der Waals surface area contributed by atoms with Crippen molar-refractivity contribution in [2.24, 2.45) is 0 Å². The molecule has 1 atom stereocenters. The van der Waals surface area contributed by atoms with E-state index in [2.05, 4.69) is 35.1 Å². The summed E-state index contributed by atoms with van der Waals surface area (Å²) in [4.78, 5) is 12.5. The lowest BCUT2D eigenvalue weighted by atomic mass is 10.1. The highest BCUT2D eigenvalue weighted by atomic mass is 32.1. The zero-order valence-corrected chi connectivity index (χ0v) is 13.3. The van der Waals surface area contributed by atoms with E-state index in [0.29, 0.717) is 0 Å². The molecule has 0 bridgehead atoms. The van der Waals surface area contributed by atoms with Crippen LogP contribution in [0.2, 0.25) is 0 Å². The van der Waals surface area contributed by atoms with Crippen LogP contribution in [0, 0.1) is 0 Å². The quantitative estimate of drug-likeness (QED) is 0.837. The normalized spacial score (nSPS) is 11.8. The fraction of sp³-hybridized carbons (Fsp3) is 0.312. The minimum atomic E-state index is -0.0867. The molecule has 1 heterocycles. The van der Waals surface area contributed by atoms with Gasteiger partial charge in [-0.15, -0.1) is 11.3 Å². The molecule has 4 nitrogen and oxygen atoms in total. The Balaban J connectivity index is 2.25. The lowest BCUT2D eigenvalue weighted by Crippen LogP contribution is -2.10. The second kappa shape index (κ2) is 7.13. The van der Waals surface area contributed by atoms with Gasteiger partial charge in [-0.05, 0) is 36.1 Å². The first-order valence-corrected chi connectivity index (χ1v) is 7.77. The highest BCUT2D eigenvalue weighted by Gasteiger charge is 2.13. The van der Waals surface area contributed by atoms with E-state index in [4.69, 9.17) is 4.74 Å². The van der Waals surface area contributed by atoms with E-state index in [-0.39, 0.29) is 11.9 Å². The number of nitrogens with one attached hydrogen (secondary N) is 2. The number of rotatable bonds is 6. The topological polar surface area (TPSA) is 50.4 Å². The lowest BCUT2D eigenvalue weighted by Gasteiger charge is -2.20. The lowest BCUT2D eigenvalue weighted by molar-refractivity contribution is -0.114. The molecule has 0 fully saturated rings. The number of ether oxygens (including phenoxy) is 1. The van der Waals surface area contributed by atoms with Gasteiger partial charge in [0.1, 0.15) is 5.75 Å². The third kappa shape index (κ3) is 3.98. The molecule has 1 aromatic heterocycles. The van der Waals surface area contributed by atoms with Crippen LogP contribution in [0.25, 0.3) is 0 Å². The summed E-state index contributed by atoms with van der Waals surface area (Å²) < 4.78 is 5.40. The van der Waals surface area contributed by atoms with Crippen molar-refractivity contribution in [1.82, 2.24) is 0 Å². The molecule has 0 saturated carbocycles. The van der Waals surface area contributed by atoms with E-state index in [9.17, 15) is 4.79 Å². The highest BCUT2D eigenvalue weighted by molar-refractivity contribution is 7.10. The van der Waals surface area contributed by atoms with Gasteiger partial charge in [-0.25, -0.2) is 0 Å². The molecule has 0 radical (unpaired) electrons. The second-order valence-corrected chi connectivity index (χ2v) is 5.70. The summed E-state index contributed by atoms with van der Waals surface area (Å²) in [6.45, 7) is 3.64. The standard InChI is InChI=1S/C16H20N2O2S/c1-4-13(16-6-5-9-21-16)18-14-10-12(17-11(2)19)7-8-15(14)20-3/h5-10,13,18H,4H2,1-3H3,(H,17,19). The summed E-state index contributed by atoms with van der Waals surface area (Å²) >= 11 is 1.73. The molecule has 5 heteroatoms. The maximum Gasteiger partial charge on any atom is 0.221 e. The fourth-order valence-electron chi connectivity index (χ4n) is 2.15. The Bertz CT molecular complexity index is 596. The molecule has 1 unspecified atom stereocenters. The van der Waals surface area contributed by atoms with Crippen LogP contribution in [0.15, 0.2) is 35.7 Å². The van der Waals surface area contributed by atoms with Gasteiger partial charge >= 0.3 is 0 Å². The molecule has 0 aliphatic rings. The number of amides is 1. The molecule has 2 rings (SSSR count). The van der Waals surface area contributed by atoms with Gasteiger partial charge in [0.15, 0.2) is 0 Å². The van der Waals surface area contributed by atoms with Crippen molar-refractivity contribution in [3.05, 3.63) is 40.6 Å². The first kappa shape index (κ1) is 15.4. The smallest absolute Gasteiger partial charge is 0.221 e. The third-order valence-corrected chi connectivity index (χ3v) is 4.13. The Morgan fingerprint density at radius 1 is 1.38 bits per heavy atom. The van der Waals surface area contributed by atoms with Crippen LogP contribution in [0.5, 0.6) is 5.75 Å². The van der Waals surface area contributed by atoms with Crippen LogP contribution < -0.4 is 15.4 Å². The van der Waals surface area contributed by atoms with Crippen molar-refractivity contribution in [2.45, 2.75) is 26.3 Å². The van der Waals surface area contributed by atoms with Crippen molar-refractivity contribution in [3.63, 3.8) is 0 Å². The molecule has 0 aliphatic heterocycles. The van der Waals surface area contributed by atoms with Gasteiger partial charge < -0.3 is 15.4 Å². The molecule has 1 aromatic carbocycles. The predicted octanol–water partition coefficient (Wildman–Crippen LogP) is 4.28. The van der Waals surface area contributed by atoms with Crippen molar-refractivity contribution in [3.8, 4) is 5.75 Å². The number of hydrogen-bond acceptors (Lipinski definition) is 4. The summed E-state index contributed by atoms with van der Waals surface area (Å²) in [6.07, 6.45) is 0.966. The zero-order valence-electron chi connectivity index (χ0n) is 12.5. The molecule has 2 aromatic rings. The van der Waals surface area contributed by atoms with Gasteiger partial charge in [-0.2, -0.15) is 0 Å². The number of thiophene rings is 1. The number of benzene rings is 1. The number of methoxy groups -OCH3 is 1. The number of carbonyl (C=O) groups is 1. The van der Waals surface area contributed by atoms with Gasteiger partial charge in [0.25, 0.3) is 0 Å². The van der Waals surface area contributed by atoms with Gasteiger partial charge in [-0.1, -0.05) is 13.0 Å². The molecule has 21 heavy (non-hydrogen) atoms. The molecule has 0 spiro atoms. The van der Waals surface area contributed by atoms with Crippen LogP contribution in [0.1, 0.15) is 31.2 Å².